The fourth-order valence-corrected chi connectivity index (χ4v) is 6.17. The SMILES string of the molecule is COc1ccc(S(=O)(=O)N(CC(=O)N/N=C\c2cc(C)n(-c3ccccc3Br)c2C)c2ccccc2)cc1OC. The highest BCUT2D eigenvalue weighted by Crippen LogP contribution is 2.32. The van der Waals surface area contributed by atoms with E-state index in [1.807, 2.05) is 44.2 Å². The Morgan fingerprint density at radius 2 is 1.65 bits per heavy atom. The monoisotopic (exact) mass is 624 g/mol. The predicted octanol–water partition coefficient (Wildman–Crippen LogP) is 5.22. The number of benzene rings is 3. The van der Waals surface area contributed by atoms with Crippen molar-refractivity contribution in [1.82, 2.24) is 9.99 Å². The van der Waals surface area contributed by atoms with Crippen LogP contribution in [0.3, 0.4) is 0 Å². The first-order chi connectivity index (χ1) is 19.2. The van der Waals surface area contributed by atoms with Gasteiger partial charge in [0.2, 0.25) is 0 Å². The van der Waals surface area contributed by atoms with Crippen molar-refractivity contribution in [1.29, 1.82) is 0 Å². The molecule has 208 valence electrons. The Labute approximate surface area is 242 Å². The van der Waals surface area contributed by atoms with E-state index in [1.54, 1.807) is 36.5 Å². The number of hydrogen-bond donors (Lipinski definition) is 1. The predicted molar refractivity (Wildman–Crippen MR) is 159 cm³/mol. The minimum atomic E-state index is -4.15. The van der Waals surface area contributed by atoms with Crippen LogP contribution in [0.5, 0.6) is 11.5 Å². The zero-order valence-corrected chi connectivity index (χ0v) is 24.9. The summed E-state index contributed by atoms with van der Waals surface area (Å²) in [6.45, 7) is 3.45. The lowest BCUT2D eigenvalue weighted by atomic mass is 10.2. The number of nitrogens with zero attached hydrogens (tertiary/aromatic N) is 3. The third kappa shape index (κ3) is 6.05. The normalized spacial score (nSPS) is 11.4. The molecule has 0 atom stereocenters. The zero-order chi connectivity index (χ0) is 28.9. The average molecular weight is 626 g/mol. The van der Waals surface area contributed by atoms with Crippen molar-refractivity contribution in [3.63, 3.8) is 0 Å². The van der Waals surface area contributed by atoms with Crippen molar-refractivity contribution in [3.05, 3.63) is 100 Å². The number of carbonyl (C=O) groups is 1. The van der Waals surface area contributed by atoms with Gasteiger partial charge in [0.1, 0.15) is 6.54 Å². The standard InChI is InChI=1S/C29H29BrN4O5S/c1-20-16-22(21(2)34(20)26-13-9-8-12-25(26)30)18-31-32-29(35)19-33(23-10-6-5-7-11-23)40(36,37)24-14-15-27(38-3)28(17-24)39-4/h5-18H,19H2,1-4H3,(H,32,35)/b31-18-. The molecule has 0 aliphatic heterocycles. The number of halogens is 1. The van der Waals surface area contributed by atoms with Crippen LogP contribution in [-0.2, 0) is 14.8 Å². The lowest BCUT2D eigenvalue weighted by Gasteiger charge is -2.24. The Morgan fingerprint density at radius 3 is 2.33 bits per heavy atom. The van der Waals surface area contributed by atoms with E-state index >= 15 is 0 Å². The van der Waals surface area contributed by atoms with E-state index in [1.165, 1.54) is 32.4 Å². The van der Waals surface area contributed by atoms with Crippen LogP contribution in [0.1, 0.15) is 17.0 Å². The molecule has 0 radical (unpaired) electrons. The molecule has 0 aliphatic rings. The van der Waals surface area contributed by atoms with Crippen LogP contribution >= 0.6 is 15.9 Å². The van der Waals surface area contributed by atoms with Gasteiger partial charge in [-0.3, -0.25) is 9.10 Å². The third-order valence-corrected chi connectivity index (χ3v) is 8.67. The van der Waals surface area contributed by atoms with Gasteiger partial charge in [0, 0.05) is 27.5 Å². The van der Waals surface area contributed by atoms with Crippen LogP contribution in [0.25, 0.3) is 5.69 Å². The summed E-state index contributed by atoms with van der Waals surface area (Å²) in [7, 11) is -1.27. The second-order valence-corrected chi connectivity index (χ2v) is 11.5. The van der Waals surface area contributed by atoms with Crippen LogP contribution in [0.15, 0.2) is 93.3 Å². The molecule has 0 unspecified atom stereocenters. The van der Waals surface area contributed by atoms with Gasteiger partial charge in [-0.05, 0) is 72.2 Å². The van der Waals surface area contributed by atoms with Crippen LogP contribution < -0.4 is 19.2 Å². The van der Waals surface area contributed by atoms with Crippen molar-refractivity contribution in [3.8, 4) is 17.2 Å². The van der Waals surface area contributed by atoms with Crippen molar-refractivity contribution < 1.29 is 22.7 Å². The molecular weight excluding hydrogens is 596 g/mol. The van der Waals surface area contributed by atoms with E-state index in [2.05, 4.69) is 31.0 Å². The molecular formula is C29H29BrN4O5S. The second kappa shape index (κ2) is 12.4. The first-order valence-corrected chi connectivity index (χ1v) is 14.5. The van der Waals surface area contributed by atoms with E-state index in [4.69, 9.17) is 9.47 Å². The van der Waals surface area contributed by atoms with Crippen LogP contribution in [-0.4, -0.2) is 45.9 Å². The number of methoxy groups -OCH3 is 2. The van der Waals surface area contributed by atoms with Gasteiger partial charge in [0.25, 0.3) is 15.9 Å². The highest BCUT2D eigenvalue weighted by atomic mass is 79.9. The first-order valence-electron chi connectivity index (χ1n) is 12.2. The third-order valence-electron chi connectivity index (χ3n) is 6.23. The number of para-hydroxylation sites is 2. The van der Waals surface area contributed by atoms with Gasteiger partial charge in [0.05, 0.1) is 36.7 Å². The molecule has 0 aliphatic carbocycles. The largest absolute Gasteiger partial charge is 0.493 e. The maximum absolute atomic E-state index is 13.7. The van der Waals surface area contributed by atoms with Gasteiger partial charge in [0.15, 0.2) is 11.5 Å². The topological polar surface area (TPSA) is 102 Å². The number of aromatic nitrogens is 1. The number of aryl methyl sites for hydroxylation is 1. The van der Waals surface area contributed by atoms with E-state index in [-0.39, 0.29) is 10.6 Å². The minimum absolute atomic E-state index is 0.0511. The molecule has 11 heteroatoms. The van der Waals surface area contributed by atoms with Crippen molar-refractivity contribution >= 4 is 43.8 Å². The quantitative estimate of drug-likeness (QED) is 0.192. The Balaban J connectivity index is 1.57. The number of carbonyl (C=O) groups excluding carboxylic acids is 1. The maximum atomic E-state index is 13.7. The summed E-state index contributed by atoms with van der Waals surface area (Å²) in [6, 6.07) is 22.5. The summed E-state index contributed by atoms with van der Waals surface area (Å²) in [6.07, 6.45) is 1.54. The lowest BCUT2D eigenvalue weighted by Crippen LogP contribution is -2.39. The first kappa shape index (κ1) is 28.9. The number of sulfonamides is 1. The minimum Gasteiger partial charge on any atom is -0.493 e. The molecule has 0 bridgehead atoms. The highest BCUT2D eigenvalue weighted by Gasteiger charge is 2.28. The van der Waals surface area contributed by atoms with Gasteiger partial charge in [-0.2, -0.15) is 5.10 Å². The molecule has 1 aromatic heterocycles. The van der Waals surface area contributed by atoms with E-state index in [9.17, 15) is 13.2 Å². The second-order valence-electron chi connectivity index (χ2n) is 8.77. The Bertz CT molecular complexity index is 1650. The van der Waals surface area contributed by atoms with E-state index in [0.29, 0.717) is 11.4 Å². The molecule has 0 saturated heterocycles. The Kier molecular flexibility index (Phi) is 8.96. The lowest BCUT2D eigenvalue weighted by molar-refractivity contribution is -0.119. The van der Waals surface area contributed by atoms with Crippen molar-refractivity contribution in [2.45, 2.75) is 18.7 Å². The maximum Gasteiger partial charge on any atom is 0.264 e. The molecule has 40 heavy (non-hydrogen) atoms. The molecule has 1 amide bonds. The molecule has 0 saturated carbocycles. The molecule has 1 heterocycles. The molecule has 1 N–H and O–H groups in total. The van der Waals surface area contributed by atoms with Gasteiger partial charge in [-0.1, -0.05) is 30.3 Å². The number of anilines is 1. The average Bonchev–Trinajstić information content (AvgIpc) is 3.24. The van der Waals surface area contributed by atoms with Crippen LogP contribution in [0, 0.1) is 13.8 Å². The Hall–Kier alpha value is -4.09. The molecule has 4 rings (SSSR count). The number of amides is 1. The fraction of sp³-hybridized carbons (Fsp3) is 0.172. The summed E-state index contributed by atoms with van der Waals surface area (Å²) in [5.41, 5.74) is 6.52. The van der Waals surface area contributed by atoms with E-state index < -0.39 is 22.5 Å². The van der Waals surface area contributed by atoms with Gasteiger partial charge < -0.3 is 14.0 Å². The van der Waals surface area contributed by atoms with E-state index in [0.717, 1.165) is 31.4 Å². The van der Waals surface area contributed by atoms with Gasteiger partial charge in [-0.15, -0.1) is 0 Å². The zero-order valence-electron chi connectivity index (χ0n) is 22.5. The van der Waals surface area contributed by atoms with Crippen molar-refractivity contribution in [2.24, 2.45) is 5.10 Å². The molecule has 3 aromatic carbocycles. The van der Waals surface area contributed by atoms with Gasteiger partial charge >= 0.3 is 0 Å². The molecule has 0 spiro atoms. The fourth-order valence-electron chi connectivity index (χ4n) is 4.28. The molecule has 0 fully saturated rings. The smallest absolute Gasteiger partial charge is 0.264 e. The summed E-state index contributed by atoms with van der Waals surface area (Å²) in [4.78, 5) is 12.9. The van der Waals surface area contributed by atoms with Crippen molar-refractivity contribution in [2.75, 3.05) is 25.1 Å². The number of rotatable bonds is 10. The number of hydrogen-bond acceptors (Lipinski definition) is 6. The van der Waals surface area contributed by atoms with Crippen LogP contribution in [0.2, 0.25) is 0 Å². The Morgan fingerprint density at radius 1 is 0.975 bits per heavy atom. The van der Waals surface area contributed by atoms with Crippen LogP contribution in [0.4, 0.5) is 5.69 Å². The molecule has 9 nitrogen and oxygen atoms in total. The summed E-state index contributed by atoms with van der Waals surface area (Å²) in [5.74, 6) is 0.0355. The van der Waals surface area contributed by atoms with Gasteiger partial charge in [-0.25, -0.2) is 13.8 Å². The summed E-state index contributed by atoms with van der Waals surface area (Å²) < 4.78 is 41.9. The number of ether oxygens (including phenoxy) is 2. The summed E-state index contributed by atoms with van der Waals surface area (Å²) in [5, 5.41) is 4.12. The highest BCUT2D eigenvalue weighted by molar-refractivity contribution is 9.10. The summed E-state index contributed by atoms with van der Waals surface area (Å²) >= 11 is 3.59. The number of nitrogens with one attached hydrogen (secondary N) is 1. The number of hydrazone groups is 1. The molecule has 4 aromatic rings.